The van der Waals surface area contributed by atoms with E-state index in [9.17, 15) is 4.79 Å². The van der Waals surface area contributed by atoms with Crippen molar-refractivity contribution in [2.24, 2.45) is 0 Å². The zero-order valence-electron chi connectivity index (χ0n) is 13.8. The third kappa shape index (κ3) is 2.91. The quantitative estimate of drug-likeness (QED) is 0.721. The Balaban J connectivity index is 1.56. The summed E-state index contributed by atoms with van der Waals surface area (Å²) < 4.78 is 15.7. The molecule has 25 heavy (non-hydrogen) atoms. The molecule has 0 N–H and O–H groups in total. The fraction of sp³-hybridized carbons (Fsp3) is 0.263. The van der Waals surface area contributed by atoms with Crippen LogP contribution in [0.2, 0.25) is 0 Å². The van der Waals surface area contributed by atoms with Gasteiger partial charge < -0.3 is 18.6 Å². The summed E-state index contributed by atoms with van der Waals surface area (Å²) in [6.45, 7) is 0.707. The molecule has 6 nitrogen and oxygen atoms in total. The highest BCUT2D eigenvalue weighted by atomic mass is 16.5. The van der Waals surface area contributed by atoms with E-state index in [0.717, 1.165) is 24.2 Å². The highest BCUT2D eigenvalue weighted by Gasteiger charge is 2.32. The SMILES string of the molecule is COc1ccc([C@H]2CCCN2C(=O)c2cc(-c3ccco3)on2)cc1. The van der Waals surface area contributed by atoms with Crippen LogP contribution in [0, 0.1) is 0 Å². The lowest BCUT2D eigenvalue weighted by Gasteiger charge is -2.24. The minimum atomic E-state index is -0.125. The highest BCUT2D eigenvalue weighted by molar-refractivity contribution is 5.93. The Hall–Kier alpha value is -3.02. The predicted octanol–water partition coefficient (Wildman–Crippen LogP) is 3.92. The lowest BCUT2D eigenvalue weighted by Crippen LogP contribution is -2.30. The van der Waals surface area contributed by atoms with Gasteiger partial charge in [-0.15, -0.1) is 0 Å². The number of amides is 1. The van der Waals surface area contributed by atoms with E-state index in [-0.39, 0.29) is 11.9 Å². The van der Waals surface area contributed by atoms with Crippen LogP contribution < -0.4 is 4.74 Å². The minimum Gasteiger partial charge on any atom is -0.497 e. The average molecular weight is 338 g/mol. The third-order valence-corrected chi connectivity index (χ3v) is 4.51. The molecule has 128 valence electrons. The van der Waals surface area contributed by atoms with Gasteiger partial charge in [0.05, 0.1) is 19.4 Å². The Labute approximate surface area is 145 Å². The molecule has 1 aromatic carbocycles. The molecule has 2 aromatic heterocycles. The molecule has 0 saturated carbocycles. The number of methoxy groups -OCH3 is 1. The van der Waals surface area contributed by atoms with Crippen molar-refractivity contribution in [2.45, 2.75) is 18.9 Å². The normalized spacial score (nSPS) is 17.0. The van der Waals surface area contributed by atoms with Gasteiger partial charge in [-0.25, -0.2) is 0 Å². The van der Waals surface area contributed by atoms with Crippen LogP contribution in [-0.2, 0) is 0 Å². The molecule has 1 saturated heterocycles. The summed E-state index contributed by atoms with van der Waals surface area (Å²) >= 11 is 0. The van der Waals surface area contributed by atoms with E-state index in [4.69, 9.17) is 13.7 Å². The van der Waals surface area contributed by atoms with Crippen LogP contribution in [0.15, 0.2) is 57.7 Å². The number of ether oxygens (including phenoxy) is 1. The summed E-state index contributed by atoms with van der Waals surface area (Å²) in [7, 11) is 1.64. The molecule has 0 unspecified atom stereocenters. The number of hydrogen-bond acceptors (Lipinski definition) is 5. The molecule has 1 atom stereocenters. The van der Waals surface area contributed by atoms with Gasteiger partial charge in [0.2, 0.25) is 5.76 Å². The molecule has 0 aliphatic carbocycles. The van der Waals surface area contributed by atoms with E-state index < -0.39 is 0 Å². The van der Waals surface area contributed by atoms with Gasteiger partial charge in [-0.2, -0.15) is 0 Å². The van der Waals surface area contributed by atoms with Gasteiger partial charge in [-0.3, -0.25) is 4.79 Å². The number of likely N-dealkylation sites (tertiary alicyclic amines) is 1. The average Bonchev–Trinajstić information content (AvgIpc) is 3.42. The van der Waals surface area contributed by atoms with Crippen molar-refractivity contribution >= 4 is 5.91 Å². The first-order chi connectivity index (χ1) is 12.3. The van der Waals surface area contributed by atoms with Crippen LogP contribution in [-0.4, -0.2) is 29.6 Å². The topological polar surface area (TPSA) is 68.7 Å². The van der Waals surface area contributed by atoms with E-state index >= 15 is 0 Å². The highest BCUT2D eigenvalue weighted by Crippen LogP contribution is 2.34. The van der Waals surface area contributed by atoms with Gasteiger partial charge in [-0.05, 0) is 42.7 Å². The molecule has 1 fully saturated rings. The Morgan fingerprint density at radius 1 is 1.24 bits per heavy atom. The van der Waals surface area contributed by atoms with Crippen LogP contribution in [0.25, 0.3) is 11.5 Å². The van der Waals surface area contributed by atoms with Gasteiger partial charge in [0.1, 0.15) is 5.75 Å². The second-order valence-corrected chi connectivity index (χ2v) is 5.98. The van der Waals surface area contributed by atoms with Crippen LogP contribution >= 0.6 is 0 Å². The minimum absolute atomic E-state index is 0.0437. The Bertz CT molecular complexity index is 852. The molecule has 3 aromatic rings. The Morgan fingerprint density at radius 2 is 2.08 bits per heavy atom. The maximum atomic E-state index is 12.9. The van der Waals surface area contributed by atoms with Gasteiger partial charge in [-0.1, -0.05) is 17.3 Å². The van der Waals surface area contributed by atoms with E-state index in [1.165, 1.54) is 0 Å². The first-order valence-electron chi connectivity index (χ1n) is 8.22. The molecule has 3 heterocycles. The van der Waals surface area contributed by atoms with Crippen molar-refractivity contribution in [2.75, 3.05) is 13.7 Å². The second kappa shape index (κ2) is 6.47. The van der Waals surface area contributed by atoms with Crippen molar-refractivity contribution in [1.82, 2.24) is 10.1 Å². The standard InChI is InChI=1S/C19H18N2O4/c1-23-14-8-6-13(7-9-14)16-4-2-10-21(16)19(22)15-12-18(25-20-15)17-5-3-11-24-17/h3,5-9,11-12,16H,2,4,10H2,1H3/t16-/m1/s1. The second-order valence-electron chi connectivity index (χ2n) is 5.98. The van der Waals surface area contributed by atoms with E-state index in [2.05, 4.69) is 5.16 Å². The first-order valence-corrected chi connectivity index (χ1v) is 8.22. The predicted molar refractivity (Wildman–Crippen MR) is 90.2 cm³/mol. The fourth-order valence-electron chi connectivity index (χ4n) is 3.24. The van der Waals surface area contributed by atoms with Crippen LogP contribution in [0.3, 0.4) is 0 Å². The molecule has 1 aliphatic heterocycles. The summed E-state index contributed by atoms with van der Waals surface area (Å²) in [5, 5.41) is 3.93. The lowest BCUT2D eigenvalue weighted by atomic mass is 10.0. The summed E-state index contributed by atoms with van der Waals surface area (Å²) in [5.41, 5.74) is 1.40. The smallest absolute Gasteiger partial charge is 0.276 e. The largest absolute Gasteiger partial charge is 0.497 e. The molecule has 0 radical (unpaired) electrons. The van der Waals surface area contributed by atoms with E-state index in [0.29, 0.717) is 23.8 Å². The van der Waals surface area contributed by atoms with E-state index in [1.807, 2.05) is 29.2 Å². The van der Waals surface area contributed by atoms with Gasteiger partial charge in [0, 0.05) is 12.6 Å². The maximum Gasteiger partial charge on any atom is 0.276 e. The summed E-state index contributed by atoms with van der Waals surface area (Å²) in [6, 6.07) is 13.1. The molecule has 1 aliphatic rings. The summed E-state index contributed by atoms with van der Waals surface area (Å²) in [6.07, 6.45) is 3.45. The third-order valence-electron chi connectivity index (χ3n) is 4.51. The molecule has 0 bridgehead atoms. The molecular weight excluding hydrogens is 320 g/mol. The zero-order valence-corrected chi connectivity index (χ0v) is 13.8. The monoisotopic (exact) mass is 338 g/mol. The molecular formula is C19H18N2O4. The van der Waals surface area contributed by atoms with Gasteiger partial charge >= 0.3 is 0 Å². The lowest BCUT2D eigenvalue weighted by molar-refractivity contribution is 0.0725. The summed E-state index contributed by atoms with van der Waals surface area (Å²) in [5.74, 6) is 1.69. The maximum absolute atomic E-state index is 12.9. The van der Waals surface area contributed by atoms with Crippen LogP contribution in [0.5, 0.6) is 5.75 Å². The molecule has 1 amide bonds. The first kappa shape index (κ1) is 15.5. The molecule has 6 heteroatoms. The summed E-state index contributed by atoms with van der Waals surface area (Å²) in [4.78, 5) is 14.7. The molecule has 0 spiro atoms. The number of nitrogens with zero attached hydrogens (tertiary/aromatic N) is 2. The Kier molecular flexibility index (Phi) is 4.01. The zero-order chi connectivity index (χ0) is 17.2. The van der Waals surface area contributed by atoms with Crippen molar-refractivity contribution in [3.8, 4) is 17.3 Å². The Morgan fingerprint density at radius 3 is 2.80 bits per heavy atom. The van der Waals surface area contributed by atoms with Crippen molar-refractivity contribution < 1.29 is 18.5 Å². The number of carbonyl (C=O) groups is 1. The number of carbonyl (C=O) groups excluding carboxylic acids is 1. The van der Waals surface area contributed by atoms with Crippen molar-refractivity contribution in [3.63, 3.8) is 0 Å². The van der Waals surface area contributed by atoms with Gasteiger partial charge in [0.15, 0.2) is 11.5 Å². The van der Waals surface area contributed by atoms with Crippen molar-refractivity contribution in [1.29, 1.82) is 0 Å². The molecule has 4 rings (SSSR count). The van der Waals surface area contributed by atoms with Gasteiger partial charge in [0.25, 0.3) is 5.91 Å². The number of furan rings is 1. The van der Waals surface area contributed by atoms with E-state index in [1.54, 1.807) is 31.6 Å². The number of rotatable bonds is 4. The van der Waals surface area contributed by atoms with Crippen LogP contribution in [0.4, 0.5) is 0 Å². The van der Waals surface area contributed by atoms with Crippen LogP contribution in [0.1, 0.15) is 34.9 Å². The van der Waals surface area contributed by atoms with Crippen molar-refractivity contribution in [3.05, 3.63) is 60.0 Å². The fourth-order valence-corrected chi connectivity index (χ4v) is 3.24. The number of benzene rings is 1. The number of aromatic nitrogens is 1. The number of hydrogen-bond donors (Lipinski definition) is 0.